The summed E-state index contributed by atoms with van der Waals surface area (Å²) in [4.78, 5) is 15.7. The Morgan fingerprint density at radius 3 is 2.35 bits per heavy atom. The number of carbonyl (C=O) groups is 1. The average Bonchev–Trinajstić information content (AvgIpc) is 2.98. The number of aromatic nitrogens is 1. The first-order chi connectivity index (χ1) is 12.1. The van der Waals surface area contributed by atoms with Crippen molar-refractivity contribution in [1.29, 1.82) is 0 Å². The monoisotopic (exact) mass is 375 g/mol. The molecule has 0 aliphatic rings. The van der Waals surface area contributed by atoms with Crippen LogP contribution < -0.4 is 4.74 Å². The molecule has 0 radical (unpaired) electrons. The molecule has 5 heteroatoms. The van der Waals surface area contributed by atoms with Crippen LogP contribution in [0.3, 0.4) is 0 Å². The molecule has 0 unspecified atom stereocenters. The van der Waals surface area contributed by atoms with Gasteiger partial charge in [0.25, 0.3) is 0 Å². The molecule has 2 rings (SSSR count). The Labute approximate surface area is 160 Å². The van der Waals surface area contributed by atoms with Gasteiger partial charge in [0.05, 0.1) is 19.2 Å². The van der Waals surface area contributed by atoms with Gasteiger partial charge in [0.1, 0.15) is 17.4 Å². The van der Waals surface area contributed by atoms with Gasteiger partial charge in [-0.05, 0) is 34.9 Å². The molecule has 0 fully saturated rings. The highest BCUT2D eigenvalue weighted by molar-refractivity contribution is 7.09. The number of thiazole rings is 1. The average molecular weight is 376 g/mol. The van der Waals surface area contributed by atoms with Gasteiger partial charge in [-0.1, -0.05) is 46.8 Å². The van der Waals surface area contributed by atoms with Gasteiger partial charge in [0.2, 0.25) is 0 Å². The van der Waals surface area contributed by atoms with Crippen molar-refractivity contribution in [2.24, 2.45) is 5.41 Å². The first-order valence-corrected chi connectivity index (χ1v) is 9.70. The summed E-state index contributed by atoms with van der Waals surface area (Å²) in [6, 6.07) is 8.32. The van der Waals surface area contributed by atoms with E-state index in [9.17, 15) is 4.79 Å². The van der Waals surface area contributed by atoms with E-state index in [0.29, 0.717) is 6.61 Å². The van der Waals surface area contributed by atoms with Gasteiger partial charge in [0.15, 0.2) is 0 Å². The smallest absolute Gasteiger partial charge is 0.311 e. The standard InChI is InChI=1S/C21H29NO3S/c1-20(2,3)14-21(4,5)15-7-9-17(10-8-15)25-12-18-22-16(13-26-18)11-19(23)24-6/h7-10,13H,11-12,14H2,1-6H3. The maximum Gasteiger partial charge on any atom is 0.311 e. The number of nitrogens with zero attached hydrogens (tertiary/aromatic N) is 1. The highest BCUT2D eigenvalue weighted by Gasteiger charge is 2.27. The second-order valence-corrected chi connectivity index (χ2v) is 9.36. The third-order valence-corrected chi connectivity index (χ3v) is 4.99. The molecular formula is C21H29NO3S. The minimum absolute atomic E-state index is 0.120. The van der Waals surface area contributed by atoms with Gasteiger partial charge in [-0.25, -0.2) is 4.98 Å². The van der Waals surface area contributed by atoms with E-state index in [2.05, 4.69) is 56.5 Å². The van der Waals surface area contributed by atoms with Crippen LogP contribution in [-0.2, 0) is 28.0 Å². The fraction of sp³-hybridized carbons (Fsp3) is 0.524. The predicted octanol–water partition coefficient (Wildman–Crippen LogP) is 5.15. The summed E-state index contributed by atoms with van der Waals surface area (Å²) in [5, 5.41) is 2.72. The third-order valence-electron chi connectivity index (χ3n) is 4.12. The second-order valence-electron chi connectivity index (χ2n) is 8.42. The van der Waals surface area contributed by atoms with Crippen LogP contribution in [0.2, 0.25) is 0 Å². The van der Waals surface area contributed by atoms with Crippen molar-refractivity contribution in [3.05, 3.63) is 45.9 Å². The van der Waals surface area contributed by atoms with E-state index >= 15 is 0 Å². The second kappa shape index (κ2) is 8.21. The first kappa shape index (κ1) is 20.4. The predicted molar refractivity (Wildman–Crippen MR) is 106 cm³/mol. The van der Waals surface area contributed by atoms with Crippen LogP contribution in [0.4, 0.5) is 0 Å². The number of ether oxygens (including phenoxy) is 2. The van der Waals surface area contributed by atoms with E-state index in [1.807, 2.05) is 17.5 Å². The molecule has 1 aromatic heterocycles. The van der Waals surface area contributed by atoms with Gasteiger partial charge in [-0.3, -0.25) is 4.79 Å². The Morgan fingerprint density at radius 2 is 1.77 bits per heavy atom. The zero-order chi connectivity index (χ0) is 19.4. The van der Waals surface area contributed by atoms with Crippen molar-refractivity contribution >= 4 is 17.3 Å². The molecule has 1 aromatic carbocycles. The lowest BCUT2D eigenvalue weighted by Crippen LogP contribution is -2.24. The summed E-state index contributed by atoms with van der Waals surface area (Å²) >= 11 is 1.49. The minimum atomic E-state index is -0.281. The lowest BCUT2D eigenvalue weighted by molar-refractivity contribution is -0.139. The van der Waals surface area contributed by atoms with Gasteiger partial charge >= 0.3 is 5.97 Å². The minimum Gasteiger partial charge on any atom is -0.486 e. The van der Waals surface area contributed by atoms with Crippen molar-refractivity contribution in [2.45, 2.75) is 59.5 Å². The molecule has 0 bridgehead atoms. The van der Waals surface area contributed by atoms with Crippen molar-refractivity contribution in [2.75, 3.05) is 7.11 Å². The molecule has 0 amide bonds. The van der Waals surface area contributed by atoms with E-state index < -0.39 is 0 Å². The summed E-state index contributed by atoms with van der Waals surface area (Å²) in [5.74, 6) is 0.543. The molecule has 0 aliphatic heterocycles. The summed E-state index contributed by atoms with van der Waals surface area (Å²) < 4.78 is 10.5. The molecule has 4 nitrogen and oxygen atoms in total. The summed E-state index contributed by atoms with van der Waals surface area (Å²) in [5.41, 5.74) is 2.44. The maximum atomic E-state index is 11.3. The SMILES string of the molecule is COC(=O)Cc1csc(COc2ccc(C(C)(C)CC(C)(C)C)cc2)n1. The van der Waals surface area contributed by atoms with Crippen LogP contribution in [0.25, 0.3) is 0 Å². The number of benzene rings is 1. The molecule has 2 aromatic rings. The molecule has 142 valence electrons. The summed E-state index contributed by atoms with van der Waals surface area (Å²) in [6.45, 7) is 11.8. The fourth-order valence-electron chi connectivity index (χ4n) is 3.29. The zero-order valence-electron chi connectivity index (χ0n) is 16.6. The van der Waals surface area contributed by atoms with Gasteiger partial charge < -0.3 is 9.47 Å². The van der Waals surface area contributed by atoms with Crippen LogP contribution in [0.1, 0.15) is 57.3 Å². The van der Waals surface area contributed by atoms with E-state index in [1.165, 1.54) is 24.0 Å². The van der Waals surface area contributed by atoms with Crippen LogP contribution in [-0.4, -0.2) is 18.1 Å². The van der Waals surface area contributed by atoms with Gasteiger partial charge in [0, 0.05) is 5.38 Å². The third kappa shape index (κ3) is 6.13. The number of methoxy groups -OCH3 is 1. The Kier molecular flexibility index (Phi) is 6.45. The highest BCUT2D eigenvalue weighted by Crippen LogP contribution is 2.36. The molecule has 0 atom stereocenters. The van der Waals surface area contributed by atoms with E-state index in [4.69, 9.17) is 4.74 Å². The van der Waals surface area contributed by atoms with E-state index in [1.54, 1.807) is 0 Å². The molecule has 0 spiro atoms. The number of esters is 1. The van der Waals surface area contributed by atoms with Gasteiger partial charge in [-0.2, -0.15) is 0 Å². The maximum absolute atomic E-state index is 11.3. The van der Waals surface area contributed by atoms with E-state index in [-0.39, 0.29) is 23.2 Å². The van der Waals surface area contributed by atoms with Crippen molar-refractivity contribution in [1.82, 2.24) is 4.98 Å². The fourth-order valence-corrected chi connectivity index (χ4v) is 4.00. The molecule has 0 saturated carbocycles. The normalized spacial score (nSPS) is 12.1. The Balaban J connectivity index is 1.94. The Bertz CT molecular complexity index is 726. The molecule has 0 aliphatic carbocycles. The topological polar surface area (TPSA) is 48.4 Å². The highest BCUT2D eigenvalue weighted by atomic mass is 32.1. The summed E-state index contributed by atoms with van der Waals surface area (Å²) in [7, 11) is 1.38. The zero-order valence-corrected chi connectivity index (χ0v) is 17.4. The number of hydrogen-bond donors (Lipinski definition) is 0. The van der Waals surface area contributed by atoms with Gasteiger partial charge in [-0.15, -0.1) is 11.3 Å². The van der Waals surface area contributed by atoms with Crippen molar-refractivity contribution in [3.63, 3.8) is 0 Å². The Morgan fingerprint density at radius 1 is 1.12 bits per heavy atom. The largest absolute Gasteiger partial charge is 0.486 e. The van der Waals surface area contributed by atoms with E-state index in [0.717, 1.165) is 22.9 Å². The molecule has 26 heavy (non-hydrogen) atoms. The summed E-state index contributed by atoms with van der Waals surface area (Å²) in [6.07, 6.45) is 1.31. The number of hydrogen-bond acceptors (Lipinski definition) is 5. The lowest BCUT2D eigenvalue weighted by atomic mass is 9.72. The van der Waals surface area contributed by atoms with Crippen LogP contribution in [0, 0.1) is 5.41 Å². The van der Waals surface area contributed by atoms with Crippen LogP contribution in [0.5, 0.6) is 5.75 Å². The van der Waals surface area contributed by atoms with Crippen molar-refractivity contribution in [3.8, 4) is 5.75 Å². The number of carbonyl (C=O) groups excluding carboxylic acids is 1. The molecule has 1 heterocycles. The Hall–Kier alpha value is -1.88. The molecule has 0 N–H and O–H groups in total. The number of rotatable bonds is 7. The quantitative estimate of drug-likeness (QED) is 0.628. The van der Waals surface area contributed by atoms with Crippen LogP contribution in [0.15, 0.2) is 29.6 Å². The lowest BCUT2D eigenvalue weighted by Gasteiger charge is -2.33. The van der Waals surface area contributed by atoms with Crippen molar-refractivity contribution < 1.29 is 14.3 Å². The first-order valence-electron chi connectivity index (χ1n) is 8.82. The molecule has 0 saturated heterocycles. The molecular weight excluding hydrogens is 346 g/mol. The van der Waals surface area contributed by atoms with Crippen LogP contribution >= 0.6 is 11.3 Å².